The van der Waals surface area contributed by atoms with E-state index in [2.05, 4.69) is 116 Å². The Morgan fingerprint density at radius 3 is 1.08 bits per heavy atom. The number of carboxylic acid groups (broad SMARTS) is 1. The van der Waals surface area contributed by atoms with Crippen LogP contribution in [0.4, 0.5) is 43.4 Å². The van der Waals surface area contributed by atoms with E-state index >= 15 is 0 Å². The molecule has 0 aromatic carbocycles. The van der Waals surface area contributed by atoms with Crippen molar-refractivity contribution in [1.29, 1.82) is 0 Å². The minimum Gasteiger partial charge on any atom is -0.790 e. The van der Waals surface area contributed by atoms with Crippen molar-refractivity contribution < 1.29 is 131 Å². The molecule has 12 aromatic heterocycles. The number of quaternary nitrogens is 1. The number of nitrogens with zero attached hydrogens (tertiary/aromatic N) is 20. The quantitative estimate of drug-likeness (QED) is 0.00328. The Morgan fingerprint density at radius 2 is 0.814 bits per heavy atom. The van der Waals surface area contributed by atoms with Crippen LogP contribution in [0.2, 0.25) is 0 Å². The Hall–Kier alpha value is -11.6. The maximum absolute atomic E-state index is 14.7. The number of phosphoric ester groups is 3. The molecule has 0 saturated heterocycles. The molecule has 12 heterocycles. The molecule has 0 radical (unpaired) electrons. The van der Waals surface area contributed by atoms with Gasteiger partial charge in [0.1, 0.15) is 78.9 Å². The number of thiazole rings is 3. The summed E-state index contributed by atoms with van der Waals surface area (Å²) in [5, 5.41) is 56.2. The topological polar surface area (TPSA) is 656 Å². The highest BCUT2D eigenvalue weighted by Crippen LogP contribution is 2.44. The van der Waals surface area contributed by atoms with Crippen molar-refractivity contribution in [3.63, 3.8) is 0 Å². The molecule has 15 rings (SSSR count). The lowest BCUT2D eigenvalue weighted by molar-refractivity contribution is -0.870. The molecule has 47 nitrogen and oxygen atoms in total. The van der Waals surface area contributed by atoms with Crippen LogP contribution in [0.25, 0.3) is 65.9 Å². The number of pyridine rings is 3. The summed E-state index contributed by atoms with van der Waals surface area (Å²) in [6.07, 6.45) is 20.9. The highest BCUT2D eigenvalue weighted by Gasteiger charge is 2.34. The fourth-order valence-electron chi connectivity index (χ4n) is 15.1. The number of aliphatic hydroxyl groups is 1. The van der Waals surface area contributed by atoms with E-state index in [1.165, 1.54) is 83.5 Å². The van der Waals surface area contributed by atoms with E-state index in [-0.39, 0.29) is 117 Å². The molecule has 3 amide bonds. The Balaban J connectivity index is 0.000000189. The second kappa shape index (κ2) is 51.7. The second-order valence-electron chi connectivity index (χ2n) is 33.9. The van der Waals surface area contributed by atoms with Crippen LogP contribution < -0.4 is 47.8 Å². The first kappa shape index (κ1) is 114. The number of hydrogen-bond donors (Lipinski definition) is 11. The Labute approximate surface area is 837 Å². The molecule has 3 aliphatic rings. The first-order chi connectivity index (χ1) is 68.6. The molecule has 0 spiro atoms. The summed E-state index contributed by atoms with van der Waals surface area (Å²) < 4.78 is 159. The van der Waals surface area contributed by atoms with Crippen LogP contribution in [-0.2, 0) is 46.3 Å². The summed E-state index contributed by atoms with van der Waals surface area (Å²) in [5.74, 6) is -7.90. The number of nitrogens with two attached hydrogens (primary N) is 3. The fourth-order valence-corrected chi connectivity index (χ4v) is 18.9. The Morgan fingerprint density at radius 1 is 0.497 bits per heavy atom. The molecule has 0 aliphatic heterocycles. The summed E-state index contributed by atoms with van der Waals surface area (Å²) in [6.45, 7) is 13.4. The van der Waals surface area contributed by atoms with Crippen molar-refractivity contribution in [2.75, 3.05) is 76.6 Å². The maximum atomic E-state index is 14.7. The van der Waals surface area contributed by atoms with Crippen molar-refractivity contribution in [2.45, 2.75) is 193 Å². The third-order valence-corrected chi connectivity index (χ3v) is 26.5. The van der Waals surface area contributed by atoms with E-state index in [0.29, 0.717) is 70.9 Å². The second-order valence-corrected chi connectivity index (χ2v) is 39.9. The van der Waals surface area contributed by atoms with Gasteiger partial charge in [0, 0.05) is 96.4 Å². The number of ether oxygens (including phenoxy) is 3. The number of aliphatic imine (C=N–C) groups is 1. The van der Waals surface area contributed by atoms with Crippen LogP contribution in [0.15, 0.2) is 113 Å². The number of carbonyl (C=O) groups is 4. The molecule has 3 saturated carbocycles. The third-order valence-electron chi connectivity index (χ3n) is 22.1. The largest absolute Gasteiger partial charge is 0.790 e. The molecule has 14 N–H and O–H groups in total. The number of guanidine groups is 1. The van der Waals surface area contributed by atoms with E-state index in [1.54, 1.807) is 32.6 Å². The van der Waals surface area contributed by atoms with Crippen LogP contribution in [0.3, 0.4) is 0 Å². The summed E-state index contributed by atoms with van der Waals surface area (Å²) in [5.41, 5.74) is 16.2. The minimum absolute atomic E-state index is 0.0111. The zero-order valence-corrected chi connectivity index (χ0v) is 84.7. The zero-order chi connectivity index (χ0) is 106. The lowest BCUT2D eigenvalue weighted by Gasteiger charge is -2.31. The average molecular weight is 2150 g/mol. The lowest BCUT2D eigenvalue weighted by Crippen LogP contribution is -2.36. The summed E-state index contributed by atoms with van der Waals surface area (Å²) in [7, 11) is -8.77. The van der Waals surface area contributed by atoms with Gasteiger partial charge in [-0.25, -0.2) is 61.7 Å². The number of amides is 3. The number of likely N-dealkylation sites (N-methyl/N-ethyl adjacent to an activating group) is 1. The first-order valence-electron chi connectivity index (χ1n) is 45.3. The van der Waals surface area contributed by atoms with Gasteiger partial charge >= 0.3 is 13.8 Å². The van der Waals surface area contributed by atoms with Crippen molar-refractivity contribution >= 4 is 104 Å². The zero-order valence-electron chi connectivity index (χ0n) is 79.6. The Bertz CT molecular complexity index is 5970. The molecule has 12 aromatic rings. The van der Waals surface area contributed by atoms with Gasteiger partial charge in [0.2, 0.25) is 17.8 Å². The number of hydrogen-bond acceptors (Lipinski definition) is 34. The van der Waals surface area contributed by atoms with E-state index in [4.69, 9.17) is 56.3 Å². The predicted octanol–water partition coefficient (Wildman–Crippen LogP) is 11.1. The molecule has 3 fully saturated rings. The smallest absolute Gasteiger partial charge is 0.471 e. The molecule has 3 aliphatic carbocycles. The number of anilines is 3. The number of nitrogens with one attached hydrogen (secondary N) is 3. The van der Waals surface area contributed by atoms with Crippen LogP contribution in [0.5, 0.6) is 0 Å². The highest BCUT2D eigenvalue weighted by molar-refractivity contribution is 7.46. The van der Waals surface area contributed by atoms with Gasteiger partial charge < -0.3 is 101 Å². The van der Waals surface area contributed by atoms with Crippen LogP contribution in [0.1, 0.15) is 200 Å². The monoisotopic (exact) mass is 2140 g/mol. The summed E-state index contributed by atoms with van der Waals surface area (Å²) >= 11 is 3.39. The SMILES string of the molecule is CCOC1CCC(n2cc(NC(=O)c3csc(-c4cnn(C(C)OP(=O)(O)O)c4)n3)c(-c3nc(F)ccc3F)n2)CC1.CCOC1CCC(n2cc(NC(=O)c3csc(-c4cnn(C(C)OP(=O)([O-])O)c4)n3)c(-c3nc(F)ccc3F)n2)CC1.CCOC1CCC(n2cc(NC(=O)c3csc(-c4cnn(C(C)OP(=O)([O-])[O-])c4)n3)c(-c3nc(F)ccc3F)n2)CC1.C[N+](C)(C)CCO.NC(N)=NCCCC(N)C(=O)O. The van der Waals surface area contributed by atoms with E-state index < -0.39 is 107 Å². The number of halogens is 6. The lowest BCUT2D eigenvalue weighted by atomic mass is 9.93. The Kier molecular flexibility index (Phi) is 40.5. The summed E-state index contributed by atoms with van der Waals surface area (Å²) in [4.78, 5) is 137. The molecule has 145 heavy (non-hydrogen) atoms. The molecule has 59 heteroatoms. The number of phosphoric acid groups is 3. The van der Waals surface area contributed by atoms with E-state index in [0.717, 1.165) is 163 Å². The van der Waals surface area contributed by atoms with Gasteiger partial charge in [-0.15, -0.1) is 34.0 Å². The first-order valence-corrected chi connectivity index (χ1v) is 52.4. The molecule has 5 atom stereocenters. The molecule has 5 unspecified atom stereocenters. The number of aliphatic hydroxyl groups excluding tert-OH is 1. The van der Waals surface area contributed by atoms with Gasteiger partial charge in [-0.05, 0) is 168 Å². The van der Waals surface area contributed by atoms with Gasteiger partial charge in [-0.1, -0.05) is 0 Å². The number of carboxylic acids is 1. The highest BCUT2D eigenvalue weighted by atomic mass is 32.1. The van der Waals surface area contributed by atoms with Gasteiger partial charge in [0.25, 0.3) is 25.5 Å². The van der Waals surface area contributed by atoms with Crippen molar-refractivity contribution in [1.82, 2.24) is 88.6 Å². The minimum atomic E-state index is -5.23. The van der Waals surface area contributed by atoms with Crippen molar-refractivity contribution in [3.05, 3.63) is 161 Å². The third kappa shape index (κ3) is 33.7. The van der Waals surface area contributed by atoms with Gasteiger partial charge in [0.15, 0.2) is 42.1 Å². The van der Waals surface area contributed by atoms with Crippen LogP contribution in [-0.4, -0.2) is 233 Å². The predicted molar refractivity (Wildman–Crippen MR) is 511 cm³/mol. The number of aromatic nitrogens is 18. The van der Waals surface area contributed by atoms with Crippen molar-refractivity contribution in [2.24, 2.45) is 22.2 Å². The molecular formula is C86H109F6N26O21P3S3-2. The van der Waals surface area contributed by atoms with Crippen LogP contribution >= 0.6 is 57.5 Å². The van der Waals surface area contributed by atoms with E-state index in [1.807, 2.05) is 20.8 Å². The average Bonchev–Trinajstić information content (AvgIpc) is 1.80. The number of carbonyl (C=O) groups excluding carboxylic acids is 3. The molecule has 786 valence electrons. The van der Waals surface area contributed by atoms with Crippen molar-refractivity contribution in [3.8, 4) is 65.9 Å². The van der Waals surface area contributed by atoms with Gasteiger partial charge in [0.05, 0.1) is 108 Å². The molecule has 0 bridgehead atoms. The van der Waals surface area contributed by atoms with Gasteiger partial charge in [-0.3, -0.25) is 51.8 Å². The van der Waals surface area contributed by atoms with E-state index in [9.17, 15) is 73.9 Å². The fraction of sp³-hybridized carbons (Fsp3) is 0.453. The summed E-state index contributed by atoms with van der Waals surface area (Å²) in [6, 6.07) is 4.64. The molecular weight excluding hydrogens is 2040 g/mol. The normalized spacial score (nSPS) is 17.8. The van der Waals surface area contributed by atoms with Gasteiger partial charge in [-0.2, -0.15) is 43.8 Å². The van der Waals surface area contributed by atoms with Crippen LogP contribution in [0, 0.1) is 35.3 Å². The number of rotatable bonds is 37. The number of aliphatic carboxylic acids is 1. The standard InChI is InChI=1S/3C25H28F2N7O6PS.C6H14N4O2.C5H14NO/c3*1-3-39-17-6-4-16(5-7-17)34-12-19(23(32-34)22-18(26)8-9-21(27)31-22)29-24(35)20-13-42-25(30-20)15-10-28-33(11-15)14(2)40-41(36,37)38;7-4(5(11)12)2-1-3-10-6(8)9;1-6(2,3)4-5-7/h3*8-14,16-17H,3-7H2,1-2H3,(H,29,35)(H2,36,37,38);4H,1-3,7H2,(H,11,12)(H4,8,9,10);7H,4-5H2,1-3H3/q;;;;+1/p-3. The maximum Gasteiger partial charge on any atom is 0.471 e.